The largest absolute Gasteiger partial charge is 0.497 e. The van der Waals surface area contributed by atoms with Gasteiger partial charge in [0.2, 0.25) is 0 Å². The Labute approximate surface area is 126 Å². The minimum atomic E-state index is -0.389. The molecule has 0 unspecified atom stereocenters. The SMILES string of the molecule is COc1ccc(OC)c(/C=N/NC(=O)c2cc(Cl)c[nH]2)c1. The van der Waals surface area contributed by atoms with E-state index in [4.69, 9.17) is 21.1 Å². The molecule has 0 fully saturated rings. The van der Waals surface area contributed by atoms with Gasteiger partial charge in [0.1, 0.15) is 17.2 Å². The van der Waals surface area contributed by atoms with Crippen LogP contribution in [0.15, 0.2) is 35.6 Å². The third kappa shape index (κ3) is 3.76. The molecule has 0 bridgehead atoms. The maximum atomic E-state index is 11.8. The summed E-state index contributed by atoms with van der Waals surface area (Å²) in [6.07, 6.45) is 3.00. The van der Waals surface area contributed by atoms with E-state index in [9.17, 15) is 4.79 Å². The van der Waals surface area contributed by atoms with Crippen molar-refractivity contribution >= 4 is 23.7 Å². The van der Waals surface area contributed by atoms with Crippen molar-refractivity contribution in [3.05, 3.63) is 46.7 Å². The highest BCUT2D eigenvalue weighted by Crippen LogP contribution is 2.22. The van der Waals surface area contributed by atoms with Crippen LogP contribution in [0, 0.1) is 0 Å². The monoisotopic (exact) mass is 307 g/mol. The van der Waals surface area contributed by atoms with Crippen molar-refractivity contribution in [1.82, 2.24) is 10.4 Å². The molecular weight excluding hydrogens is 294 g/mol. The molecule has 1 aromatic heterocycles. The predicted octanol–water partition coefficient (Wildman–Crippen LogP) is 2.45. The Balaban J connectivity index is 2.08. The number of hydrogen-bond donors (Lipinski definition) is 2. The molecule has 0 aliphatic carbocycles. The van der Waals surface area contributed by atoms with Crippen molar-refractivity contribution in [1.29, 1.82) is 0 Å². The topological polar surface area (TPSA) is 75.7 Å². The molecule has 110 valence electrons. The molecule has 0 atom stereocenters. The lowest BCUT2D eigenvalue weighted by molar-refractivity contribution is 0.0951. The van der Waals surface area contributed by atoms with Crippen LogP contribution in [0.1, 0.15) is 16.1 Å². The zero-order chi connectivity index (χ0) is 15.2. The number of nitrogens with one attached hydrogen (secondary N) is 2. The molecule has 0 saturated heterocycles. The van der Waals surface area contributed by atoms with E-state index in [1.54, 1.807) is 32.4 Å². The summed E-state index contributed by atoms with van der Waals surface area (Å²) in [5.41, 5.74) is 3.40. The lowest BCUT2D eigenvalue weighted by Crippen LogP contribution is -2.17. The first-order valence-electron chi connectivity index (χ1n) is 6.03. The van der Waals surface area contributed by atoms with Crippen LogP contribution in [0.3, 0.4) is 0 Å². The number of aromatic nitrogens is 1. The van der Waals surface area contributed by atoms with Gasteiger partial charge in [-0.15, -0.1) is 0 Å². The van der Waals surface area contributed by atoms with Crippen molar-refractivity contribution in [2.75, 3.05) is 14.2 Å². The van der Waals surface area contributed by atoms with E-state index in [0.29, 0.717) is 27.8 Å². The summed E-state index contributed by atoms with van der Waals surface area (Å²) in [5.74, 6) is 0.899. The molecule has 2 N–H and O–H groups in total. The smallest absolute Gasteiger partial charge is 0.287 e. The second-order valence-corrected chi connectivity index (χ2v) is 4.48. The number of ether oxygens (including phenoxy) is 2. The Hall–Kier alpha value is -2.47. The van der Waals surface area contributed by atoms with Crippen LogP contribution >= 0.6 is 11.6 Å². The highest BCUT2D eigenvalue weighted by Gasteiger charge is 2.07. The Morgan fingerprint density at radius 3 is 2.76 bits per heavy atom. The molecule has 7 heteroatoms. The van der Waals surface area contributed by atoms with E-state index in [1.807, 2.05) is 0 Å². The van der Waals surface area contributed by atoms with Gasteiger partial charge in [0.15, 0.2) is 0 Å². The number of hydrogen-bond acceptors (Lipinski definition) is 4. The van der Waals surface area contributed by atoms with Gasteiger partial charge in [0.25, 0.3) is 5.91 Å². The lowest BCUT2D eigenvalue weighted by atomic mass is 10.2. The van der Waals surface area contributed by atoms with E-state index < -0.39 is 0 Å². The number of nitrogens with zero attached hydrogens (tertiary/aromatic N) is 1. The summed E-state index contributed by atoms with van der Waals surface area (Å²) in [4.78, 5) is 14.5. The summed E-state index contributed by atoms with van der Waals surface area (Å²) in [6.45, 7) is 0. The Morgan fingerprint density at radius 2 is 2.14 bits per heavy atom. The van der Waals surface area contributed by atoms with Gasteiger partial charge in [0, 0.05) is 11.8 Å². The van der Waals surface area contributed by atoms with E-state index in [2.05, 4.69) is 15.5 Å². The third-order valence-electron chi connectivity index (χ3n) is 2.70. The number of carbonyl (C=O) groups is 1. The third-order valence-corrected chi connectivity index (χ3v) is 2.92. The van der Waals surface area contributed by atoms with E-state index >= 15 is 0 Å². The van der Waals surface area contributed by atoms with Crippen molar-refractivity contribution in [2.24, 2.45) is 5.10 Å². The van der Waals surface area contributed by atoms with Crippen LogP contribution in [-0.4, -0.2) is 31.3 Å². The quantitative estimate of drug-likeness (QED) is 0.658. The molecule has 2 aromatic rings. The van der Waals surface area contributed by atoms with Crippen LogP contribution in [0.4, 0.5) is 0 Å². The van der Waals surface area contributed by atoms with E-state index in [-0.39, 0.29) is 5.91 Å². The van der Waals surface area contributed by atoms with Gasteiger partial charge < -0.3 is 14.5 Å². The first-order chi connectivity index (χ1) is 10.1. The minimum absolute atomic E-state index is 0.328. The molecule has 6 nitrogen and oxygen atoms in total. The molecule has 0 aliphatic heterocycles. The van der Waals surface area contributed by atoms with Crippen LogP contribution in [-0.2, 0) is 0 Å². The summed E-state index contributed by atoms with van der Waals surface area (Å²) in [5, 5.41) is 4.35. The van der Waals surface area contributed by atoms with Crippen molar-refractivity contribution < 1.29 is 14.3 Å². The molecule has 0 radical (unpaired) electrons. The molecular formula is C14H14ClN3O3. The van der Waals surface area contributed by atoms with Gasteiger partial charge in [-0.1, -0.05) is 11.6 Å². The zero-order valence-electron chi connectivity index (χ0n) is 11.5. The number of H-pyrrole nitrogens is 1. The van der Waals surface area contributed by atoms with Crippen LogP contribution in [0.25, 0.3) is 0 Å². The van der Waals surface area contributed by atoms with Crippen LogP contribution in [0.5, 0.6) is 11.5 Å². The Morgan fingerprint density at radius 1 is 1.33 bits per heavy atom. The predicted molar refractivity (Wildman–Crippen MR) is 80.4 cm³/mol. The summed E-state index contributed by atoms with van der Waals surface area (Å²) in [6, 6.07) is 6.79. The molecule has 0 aliphatic rings. The van der Waals surface area contributed by atoms with Crippen LogP contribution < -0.4 is 14.9 Å². The molecule has 2 rings (SSSR count). The number of hydrazone groups is 1. The number of rotatable bonds is 5. The zero-order valence-corrected chi connectivity index (χ0v) is 12.3. The minimum Gasteiger partial charge on any atom is -0.497 e. The van der Waals surface area contributed by atoms with E-state index in [1.165, 1.54) is 18.5 Å². The first kappa shape index (κ1) is 14.9. The lowest BCUT2D eigenvalue weighted by Gasteiger charge is -2.06. The number of amides is 1. The number of aromatic amines is 1. The summed E-state index contributed by atoms with van der Waals surface area (Å²) in [7, 11) is 3.12. The van der Waals surface area contributed by atoms with Crippen LogP contribution in [0.2, 0.25) is 5.02 Å². The first-order valence-corrected chi connectivity index (χ1v) is 6.41. The highest BCUT2D eigenvalue weighted by atomic mass is 35.5. The fourth-order valence-corrected chi connectivity index (χ4v) is 1.82. The number of halogens is 1. The van der Waals surface area contributed by atoms with Gasteiger partial charge >= 0.3 is 0 Å². The molecule has 21 heavy (non-hydrogen) atoms. The van der Waals surface area contributed by atoms with Gasteiger partial charge in [-0.05, 0) is 24.3 Å². The maximum absolute atomic E-state index is 11.8. The average Bonchev–Trinajstić information content (AvgIpc) is 2.93. The standard InChI is InChI=1S/C14H14ClN3O3/c1-20-11-3-4-13(21-2)9(5-11)7-17-18-14(19)12-6-10(15)8-16-12/h3-8,16H,1-2H3,(H,18,19)/b17-7+. The van der Waals surface area contributed by atoms with Gasteiger partial charge in [-0.25, -0.2) is 5.43 Å². The molecule has 1 amide bonds. The van der Waals surface area contributed by atoms with E-state index in [0.717, 1.165) is 0 Å². The fraction of sp³-hybridized carbons (Fsp3) is 0.143. The van der Waals surface area contributed by atoms with Crippen molar-refractivity contribution in [2.45, 2.75) is 0 Å². The fourth-order valence-electron chi connectivity index (χ4n) is 1.66. The maximum Gasteiger partial charge on any atom is 0.287 e. The molecule has 1 heterocycles. The number of carbonyl (C=O) groups excluding carboxylic acids is 1. The van der Waals surface area contributed by atoms with Gasteiger partial charge in [-0.3, -0.25) is 4.79 Å². The normalized spacial score (nSPS) is 10.6. The number of methoxy groups -OCH3 is 2. The Bertz CT molecular complexity index is 667. The van der Waals surface area contributed by atoms with Gasteiger partial charge in [-0.2, -0.15) is 5.10 Å². The molecule has 0 saturated carbocycles. The molecule has 0 spiro atoms. The summed E-state index contributed by atoms with van der Waals surface area (Å²) < 4.78 is 10.3. The second-order valence-electron chi connectivity index (χ2n) is 4.04. The van der Waals surface area contributed by atoms with Crippen molar-refractivity contribution in [3.63, 3.8) is 0 Å². The molecule has 1 aromatic carbocycles. The average molecular weight is 308 g/mol. The van der Waals surface area contributed by atoms with Gasteiger partial charge in [0.05, 0.1) is 25.5 Å². The summed E-state index contributed by atoms with van der Waals surface area (Å²) >= 11 is 5.73. The second kappa shape index (κ2) is 6.81. The number of benzene rings is 1. The highest BCUT2D eigenvalue weighted by molar-refractivity contribution is 6.30. The van der Waals surface area contributed by atoms with Crippen molar-refractivity contribution in [3.8, 4) is 11.5 Å². The Kier molecular flexibility index (Phi) is 4.84.